The summed E-state index contributed by atoms with van der Waals surface area (Å²) >= 11 is 0. The van der Waals surface area contributed by atoms with Crippen molar-refractivity contribution in [1.82, 2.24) is 25.2 Å². The van der Waals surface area contributed by atoms with E-state index in [0.29, 0.717) is 47.5 Å². The second kappa shape index (κ2) is 16.7. The minimum absolute atomic E-state index is 0.0139. The molecule has 3 aliphatic carbocycles. The van der Waals surface area contributed by atoms with Crippen LogP contribution in [-0.4, -0.2) is 111 Å². The number of likely N-dealkylation sites (N-methyl/N-ethyl adjacent to an activating group) is 1. The SMILES string of the molecule is C=CC1CC1(NC(=O)[C@@H]1C[C@@H](Oc2cc(-c3ccc4c(c3)OCCN4C)nc3cc(OC)ccc23)CN1C(=O)[C@@H](NC(=O)OC1CCCC1)C(C)C)C(=O)NS(=O)(=O)C1CC1. The molecular weight excluding hydrogens is 805 g/mol. The number of pyridine rings is 1. The van der Waals surface area contributed by atoms with Crippen LogP contribution in [0.25, 0.3) is 22.2 Å². The molecule has 5 atom stereocenters. The zero-order valence-corrected chi connectivity index (χ0v) is 35.8. The number of hydrogen-bond acceptors (Lipinski definition) is 12. The Balaban J connectivity index is 1.11. The summed E-state index contributed by atoms with van der Waals surface area (Å²) in [6, 6.07) is 10.9. The number of hydrogen-bond donors (Lipinski definition) is 3. The number of nitrogens with one attached hydrogen (secondary N) is 3. The Morgan fingerprint density at radius 3 is 2.49 bits per heavy atom. The molecule has 61 heavy (non-hydrogen) atoms. The molecule has 2 aliphatic heterocycles. The number of alkyl carbamates (subject to hydrolysis) is 1. The normalized spacial score (nSPS) is 24.0. The predicted octanol–water partition coefficient (Wildman–Crippen LogP) is 4.45. The topological polar surface area (TPSA) is 195 Å². The Kier molecular flexibility index (Phi) is 11.5. The van der Waals surface area contributed by atoms with Crippen molar-refractivity contribution < 1.29 is 46.5 Å². The Labute approximate surface area is 355 Å². The number of sulfonamides is 1. The number of likely N-dealkylation sites (tertiary alicyclic amines) is 1. The first kappa shape index (κ1) is 42.1. The third kappa shape index (κ3) is 8.66. The maximum atomic E-state index is 14.6. The molecule has 0 radical (unpaired) electrons. The van der Waals surface area contributed by atoms with Crippen molar-refractivity contribution in [1.29, 1.82) is 0 Å². The van der Waals surface area contributed by atoms with Crippen molar-refractivity contribution in [2.75, 3.05) is 38.8 Å². The fourth-order valence-corrected chi connectivity index (χ4v) is 10.0. The van der Waals surface area contributed by atoms with Gasteiger partial charge >= 0.3 is 6.09 Å². The first-order valence-electron chi connectivity index (χ1n) is 21.1. The number of amides is 4. The van der Waals surface area contributed by atoms with Gasteiger partial charge in [0.25, 0.3) is 5.91 Å². The number of nitrogens with zero attached hydrogens (tertiary/aromatic N) is 3. The standard InChI is InChI=1S/C44H54N6O10S/c1-6-27-23-44(27,42(53)48-61(55,56)31-13-14-31)47-40(51)36-21-30(24-50(36)41(52)39(25(2)3)46-43(54)60-28-9-7-8-10-28)59-37-22-33(45-34-20-29(57-5)12-15-32(34)37)26-11-16-35-38(19-26)58-18-17-49(35)4/h6,11-12,15-16,19-20,22,25,27-28,30-31,36,39H,1,7-10,13-14,17-18,21,23-24H2,2-5H3,(H,46,54)(H,47,51)(H,48,53)/t27?,30-,36+,39+,44?/m1/s1. The van der Waals surface area contributed by atoms with E-state index in [9.17, 15) is 27.6 Å². The lowest BCUT2D eigenvalue weighted by atomic mass is 10.0. The van der Waals surface area contributed by atoms with Crippen LogP contribution in [0.1, 0.15) is 65.2 Å². The van der Waals surface area contributed by atoms with E-state index in [-0.39, 0.29) is 25.5 Å². The van der Waals surface area contributed by atoms with Gasteiger partial charge < -0.3 is 39.4 Å². The number of rotatable bonds is 14. The van der Waals surface area contributed by atoms with Crippen molar-refractivity contribution in [2.24, 2.45) is 11.8 Å². The zero-order chi connectivity index (χ0) is 43.2. The number of carbonyl (C=O) groups excluding carboxylic acids is 4. The number of fused-ring (bicyclic) bond motifs is 2. The van der Waals surface area contributed by atoms with Crippen LogP contribution in [0.2, 0.25) is 0 Å². The maximum Gasteiger partial charge on any atom is 0.408 e. The van der Waals surface area contributed by atoms with E-state index in [1.54, 1.807) is 33.1 Å². The van der Waals surface area contributed by atoms with E-state index >= 15 is 0 Å². The largest absolute Gasteiger partial charge is 0.497 e. The predicted molar refractivity (Wildman–Crippen MR) is 227 cm³/mol. The average molecular weight is 859 g/mol. The van der Waals surface area contributed by atoms with Gasteiger partial charge in [0.2, 0.25) is 21.8 Å². The van der Waals surface area contributed by atoms with Gasteiger partial charge in [-0.2, -0.15) is 0 Å². The van der Waals surface area contributed by atoms with Gasteiger partial charge in [-0.3, -0.25) is 19.1 Å². The van der Waals surface area contributed by atoms with Crippen LogP contribution in [0, 0.1) is 11.8 Å². The summed E-state index contributed by atoms with van der Waals surface area (Å²) in [5.41, 5.74) is 1.36. The van der Waals surface area contributed by atoms with Gasteiger partial charge in [-0.25, -0.2) is 18.2 Å². The van der Waals surface area contributed by atoms with Crippen molar-refractivity contribution in [3.05, 3.63) is 55.1 Å². The molecule has 5 aliphatic rings. The van der Waals surface area contributed by atoms with Crippen LogP contribution in [-0.2, 0) is 29.1 Å². The first-order chi connectivity index (χ1) is 29.2. The lowest BCUT2D eigenvalue weighted by Gasteiger charge is -2.31. The van der Waals surface area contributed by atoms with Gasteiger partial charge in [0.15, 0.2) is 0 Å². The summed E-state index contributed by atoms with van der Waals surface area (Å²) in [5.74, 6) is -1.20. The van der Waals surface area contributed by atoms with Crippen molar-refractivity contribution in [2.45, 2.75) is 100 Å². The fourth-order valence-electron chi connectivity index (χ4n) is 8.65. The molecule has 326 valence electrons. The molecule has 16 nitrogen and oxygen atoms in total. The minimum atomic E-state index is -3.92. The highest BCUT2D eigenvalue weighted by atomic mass is 32.2. The van der Waals surface area contributed by atoms with Crippen LogP contribution in [0.15, 0.2) is 55.1 Å². The number of ether oxygens (including phenoxy) is 4. The molecule has 1 saturated heterocycles. The number of anilines is 1. The van der Waals surface area contributed by atoms with E-state index < -0.39 is 74.7 Å². The third-order valence-corrected chi connectivity index (χ3v) is 14.3. The van der Waals surface area contributed by atoms with Crippen molar-refractivity contribution >= 4 is 50.4 Å². The molecule has 0 bridgehead atoms. The summed E-state index contributed by atoms with van der Waals surface area (Å²) < 4.78 is 51.8. The van der Waals surface area contributed by atoms with E-state index in [2.05, 4.69) is 26.8 Å². The van der Waals surface area contributed by atoms with Crippen LogP contribution in [0.5, 0.6) is 17.2 Å². The fraction of sp³-hybridized carbons (Fsp3) is 0.523. The first-order valence-corrected chi connectivity index (χ1v) is 22.7. The molecule has 4 amide bonds. The highest BCUT2D eigenvalue weighted by Crippen LogP contribution is 2.46. The minimum Gasteiger partial charge on any atom is -0.497 e. The van der Waals surface area contributed by atoms with E-state index in [1.807, 2.05) is 37.4 Å². The molecule has 3 saturated carbocycles. The summed E-state index contributed by atoms with van der Waals surface area (Å²) in [6.45, 7) is 8.65. The van der Waals surface area contributed by atoms with E-state index in [1.165, 1.54) is 11.0 Å². The molecule has 3 N–H and O–H groups in total. The van der Waals surface area contributed by atoms with Crippen LogP contribution in [0.3, 0.4) is 0 Å². The summed E-state index contributed by atoms with van der Waals surface area (Å²) in [7, 11) is -0.342. The molecule has 2 aromatic carbocycles. The Bertz CT molecular complexity index is 2350. The van der Waals surface area contributed by atoms with Gasteiger partial charge in [0, 0.05) is 42.5 Å². The number of benzene rings is 2. The zero-order valence-electron chi connectivity index (χ0n) is 35.0. The second-order valence-corrected chi connectivity index (χ2v) is 19.1. The lowest BCUT2D eigenvalue weighted by molar-refractivity contribution is -0.141. The maximum absolute atomic E-state index is 14.6. The van der Waals surface area contributed by atoms with Crippen molar-refractivity contribution in [3.63, 3.8) is 0 Å². The van der Waals surface area contributed by atoms with Crippen molar-refractivity contribution in [3.8, 4) is 28.5 Å². The molecule has 0 spiro atoms. The molecule has 3 aromatic rings. The van der Waals surface area contributed by atoms with E-state index in [0.717, 1.165) is 49.2 Å². The average Bonchev–Trinajstić information content (AvgIpc) is 4.12. The smallest absolute Gasteiger partial charge is 0.408 e. The van der Waals surface area contributed by atoms with E-state index in [4.69, 9.17) is 23.9 Å². The number of aromatic nitrogens is 1. The lowest BCUT2D eigenvalue weighted by Crippen LogP contribution is -2.59. The van der Waals surface area contributed by atoms with Crippen LogP contribution >= 0.6 is 0 Å². The number of methoxy groups -OCH3 is 1. The van der Waals surface area contributed by atoms with Gasteiger partial charge in [0.05, 0.1) is 42.3 Å². The second-order valence-electron chi connectivity index (χ2n) is 17.2. The van der Waals surface area contributed by atoms with Crippen LogP contribution in [0.4, 0.5) is 10.5 Å². The number of carbonyl (C=O) groups is 4. The summed E-state index contributed by atoms with van der Waals surface area (Å²) in [4.78, 5) is 64.4. The molecule has 2 unspecified atom stereocenters. The molecule has 1 aromatic heterocycles. The molecule has 8 rings (SSSR count). The molecule has 4 fully saturated rings. The van der Waals surface area contributed by atoms with Crippen LogP contribution < -0.4 is 34.5 Å². The Morgan fingerprint density at radius 2 is 1.80 bits per heavy atom. The van der Waals surface area contributed by atoms with Gasteiger partial charge in [0.1, 0.15) is 53.7 Å². The Morgan fingerprint density at radius 1 is 1.03 bits per heavy atom. The molecular formula is C44H54N6O10S. The highest BCUT2D eigenvalue weighted by molar-refractivity contribution is 7.91. The molecule has 3 heterocycles. The highest BCUT2D eigenvalue weighted by Gasteiger charge is 2.62. The van der Waals surface area contributed by atoms with Gasteiger partial charge in [-0.15, -0.1) is 6.58 Å². The Hall–Kier alpha value is -5.58. The van der Waals surface area contributed by atoms with Gasteiger partial charge in [-0.1, -0.05) is 26.0 Å². The third-order valence-electron chi connectivity index (χ3n) is 12.5. The van der Waals surface area contributed by atoms with Gasteiger partial charge in [-0.05, 0) is 75.1 Å². The quantitative estimate of drug-likeness (QED) is 0.193. The summed E-state index contributed by atoms with van der Waals surface area (Å²) in [5, 5.41) is 5.61. The monoisotopic (exact) mass is 858 g/mol. The molecule has 17 heteroatoms. The summed E-state index contributed by atoms with van der Waals surface area (Å²) in [6.07, 6.45) is 4.29.